The van der Waals surface area contributed by atoms with E-state index in [9.17, 15) is 4.39 Å². The maximum Gasteiger partial charge on any atom is 0.140 e. The minimum absolute atomic E-state index is 0.233. The zero-order chi connectivity index (χ0) is 12.4. The van der Waals surface area contributed by atoms with Crippen molar-refractivity contribution in [3.05, 3.63) is 72.2 Å². The summed E-state index contributed by atoms with van der Waals surface area (Å²) in [5.74, 6) is -0.233. The summed E-state index contributed by atoms with van der Waals surface area (Å²) in [6.45, 7) is 0.488. The lowest BCUT2D eigenvalue weighted by atomic mass is 10.2. The van der Waals surface area contributed by atoms with Gasteiger partial charge in [0.1, 0.15) is 12.4 Å². The standard InChI is InChI=1S/C15H12FNO/c16-14-6-7-15-13(10-14)8-9-17(15)18-11-12-4-2-1-3-5-12/h1-10H,11H2. The van der Waals surface area contributed by atoms with Crippen molar-refractivity contribution in [3.8, 4) is 0 Å². The molecule has 0 aliphatic heterocycles. The molecule has 0 fully saturated rings. The van der Waals surface area contributed by atoms with Crippen LogP contribution in [-0.2, 0) is 6.61 Å². The average molecular weight is 241 g/mol. The summed E-state index contributed by atoms with van der Waals surface area (Å²) < 4.78 is 14.7. The Balaban J connectivity index is 1.83. The van der Waals surface area contributed by atoms with Crippen LogP contribution in [0.15, 0.2) is 60.8 Å². The van der Waals surface area contributed by atoms with Crippen molar-refractivity contribution in [2.45, 2.75) is 6.61 Å². The predicted molar refractivity (Wildman–Crippen MR) is 68.6 cm³/mol. The summed E-state index contributed by atoms with van der Waals surface area (Å²) in [4.78, 5) is 5.68. The zero-order valence-electron chi connectivity index (χ0n) is 9.71. The van der Waals surface area contributed by atoms with E-state index in [2.05, 4.69) is 0 Å². The van der Waals surface area contributed by atoms with E-state index in [1.165, 1.54) is 12.1 Å². The monoisotopic (exact) mass is 241 g/mol. The summed E-state index contributed by atoms with van der Waals surface area (Å²) in [6, 6.07) is 16.4. The topological polar surface area (TPSA) is 14.2 Å². The summed E-state index contributed by atoms with van der Waals surface area (Å²) in [6.07, 6.45) is 1.80. The molecule has 0 aliphatic carbocycles. The molecule has 0 bridgehead atoms. The Labute approximate surface area is 104 Å². The van der Waals surface area contributed by atoms with Gasteiger partial charge in [-0.3, -0.25) is 0 Å². The van der Waals surface area contributed by atoms with Gasteiger partial charge in [0.05, 0.1) is 5.52 Å². The summed E-state index contributed by atoms with van der Waals surface area (Å²) >= 11 is 0. The first-order valence-electron chi connectivity index (χ1n) is 5.77. The fourth-order valence-corrected chi connectivity index (χ4v) is 1.92. The van der Waals surface area contributed by atoms with Crippen molar-refractivity contribution >= 4 is 10.9 Å². The van der Waals surface area contributed by atoms with Crippen molar-refractivity contribution in [2.24, 2.45) is 0 Å². The van der Waals surface area contributed by atoms with E-state index in [-0.39, 0.29) is 5.82 Å². The van der Waals surface area contributed by atoms with Crippen LogP contribution in [0.1, 0.15) is 5.56 Å². The fraction of sp³-hybridized carbons (Fsp3) is 0.0667. The molecule has 2 aromatic carbocycles. The molecule has 1 aromatic heterocycles. The lowest BCUT2D eigenvalue weighted by Crippen LogP contribution is -2.09. The second-order valence-electron chi connectivity index (χ2n) is 4.10. The van der Waals surface area contributed by atoms with Gasteiger partial charge in [0.15, 0.2) is 0 Å². The van der Waals surface area contributed by atoms with E-state index in [0.717, 1.165) is 16.5 Å². The average Bonchev–Trinajstić information content (AvgIpc) is 2.80. The summed E-state index contributed by atoms with van der Waals surface area (Å²) in [5, 5.41) is 0.836. The van der Waals surface area contributed by atoms with Gasteiger partial charge in [0.2, 0.25) is 0 Å². The Morgan fingerprint density at radius 1 is 1.00 bits per heavy atom. The zero-order valence-corrected chi connectivity index (χ0v) is 9.71. The molecule has 1 heterocycles. The lowest BCUT2D eigenvalue weighted by molar-refractivity contribution is 0.107. The number of aromatic nitrogens is 1. The van der Waals surface area contributed by atoms with E-state index in [1.807, 2.05) is 36.4 Å². The number of fused-ring (bicyclic) bond motifs is 1. The number of hydrogen-bond acceptors (Lipinski definition) is 1. The van der Waals surface area contributed by atoms with E-state index in [4.69, 9.17) is 4.84 Å². The van der Waals surface area contributed by atoms with Crippen LogP contribution in [-0.4, -0.2) is 4.73 Å². The van der Waals surface area contributed by atoms with Gasteiger partial charge in [0, 0.05) is 11.6 Å². The highest BCUT2D eigenvalue weighted by Gasteiger charge is 2.02. The molecule has 0 aliphatic rings. The van der Waals surface area contributed by atoms with Gasteiger partial charge in [-0.2, -0.15) is 4.73 Å². The fourth-order valence-electron chi connectivity index (χ4n) is 1.92. The van der Waals surface area contributed by atoms with Crippen LogP contribution in [0.5, 0.6) is 0 Å². The van der Waals surface area contributed by atoms with E-state index in [1.54, 1.807) is 17.0 Å². The van der Waals surface area contributed by atoms with Crippen molar-refractivity contribution in [2.75, 3.05) is 0 Å². The van der Waals surface area contributed by atoms with E-state index in [0.29, 0.717) is 6.61 Å². The SMILES string of the molecule is Fc1ccc2c(ccn2OCc2ccccc2)c1. The first-order valence-corrected chi connectivity index (χ1v) is 5.77. The van der Waals surface area contributed by atoms with Crippen LogP contribution in [0, 0.1) is 5.82 Å². The second kappa shape index (κ2) is 4.53. The molecule has 0 amide bonds. The Morgan fingerprint density at radius 2 is 1.83 bits per heavy atom. The largest absolute Gasteiger partial charge is 0.409 e. The molecule has 3 rings (SSSR count). The van der Waals surface area contributed by atoms with Crippen molar-refractivity contribution < 1.29 is 9.23 Å². The predicted octanol–water partition coefficient (Wildman–Crippen LogP) is 3.41. The Hall–Kier alpha value is -2.29. The molecule has 0 unspecified atom stereocenters. The highest BCUT2D eigenvalue weighted by Crippen LogP contribution is 2.16. The normalized spacial score (nSPS) is 10.7. The molecule has 3 aromatic rings. The van der Waals surface area contributed by atoms with Gasteiger partial charge in [-0.05, 0) is 29.8 Å². The number of halogens is 1. The molecule has 2 nitrogen and oxygen atoms in total. The first-order chi connectivity index (χ1) is 8.83. The smallest absolute Gasteiger partial charge is 0.140 e. The van der Waals surface area contributed by atoms with Crippen LogP contribution < -0.4 is 4.84 Å². The summed E-state index contributed by atoms with van der Waals surface area (Å²) in [7, 11) is 0. The number of nitrogens with zero attached hydrogens (tertiary/aromatic N) is 1. The van der Waals surface area contributed by atoms with Gasteiger partial charge < -0.3 is 4.84 Å². The van der Waals surface area contributed by atoms with Gasteiger partial charge in [-0.15, -0.1) is 0 Å². The minimum atomic E-state index is -0.233. The number of hydrogen-bond donors (Lipinski definition) is 0. The maximum atomic E-state index is 13.0. The molecule has 0 saturated carbocycles. The van der Waals surface area contributed by atoms with Crippen LogP contribution in [0.3, 0.4) is 0 Å². The third-order valence-electron chi connectivity index (χ3n) is 2.83. The molecule has 0 atom stereocenters. The van der Waals surface area contributed by atoms with E-state index < -0.39 is 0 Å². The highest BCUT2D eigenvalue weighted by molar-refractivity contribution is 5.79. The van der Waals surface area contributed by atoms with Gasteiger partial charge in [-0.1, -0.05) is 30.3 Å². The Morgan fingerprint density at radius 3 is 2.67 bits per heavy atom. The summed E-state index contributed by atoms with van der Waals surface area (Å²) in [5.41, 5.74) is 1.97. The molecule has 0 saturated heterocycles. The van der Waals surface area contributed by atoms with Crippen LogP contribution in [0.2, 0.25) is 0 Å². The van der Waals surface area contributed by atoms with Crippen LogP contribution in [0.25, 0.3) is 10.9 Å². The van der Waals surface area contributed by atoms with Gasteiger partial charge >= 0.3 is 0 Å². The third-order valence-corrected chi connectivity index (χ3v) is 2.83. The molecular formula is C15H12FNO. The van der Waals surface area contributed by atoms with Crippen LogP contribution >= 0.6 is 0 Å². The Kier molecular flexibility index (Phi) is 2.73. The molecule has 90 valence electrons. The highest BCUT2D eigenvalue weighted by atomic mass is 19.1. The van der Waals surface area contributed by atoms with E-state index >= 15 is 0 Å². The lowest BCUT2D eigenvalue weighted by Gasteiger charge is -2.08. The molecule has 0 radical (unpaired) electrons. The van der Waals surface area contributed by atoms with Crippen molar-refractivity contribution in [3.63, 3.8) is 0 Å². The minimum Gasteiger partial charge on any atom is -0.409 e. The number of rotatable bonds is 3. The third kappa shape index (κ3) is 2.07. The number of benzene rings is 2. The Bertz CT molecular complexity index is 661. The molecular weight excluding hydrogens is 229 g/mol. The van der Waals surface area contributed by atoms with Crippen molar-refractivity contribution in [1.82, 2.24) is 4.73 Å². The molecule has 0 spiro atoms. The van der Waals surface area contributed by atoms with Crippen molar-refractivity contribution in [1.29, 1.82) is 0 Å². The maximum absolute atomic E-state index is 13.0. The second-order valence-corrected chi connectivity index (χ2v) is 4.10. The quantitative estimate of drug-likeness (QED) is 0.685. The first kappa shape index (κ1) is 10.8. The molecule has 0 N–H and O–H groups in total. The molecule has 3 heteroatoms. The molecule has 18 heavy (non-hydrogen) atoms. The van der Waals surface area contributed by atoms with Gasteiger partial charge in [0.25, 0.3) is 0 Å². The van der Waals surface area contributed by atoms with Crippen LogP contribution in [0.4, 0.5) is 4.39 Å². The van der Waals surface area contributed by atoms with Gasteiger partial charge in [-0.25, -0.2) is 4.39 Å².